The van der Waals surface area contributed by atoms with Gasteiger partial charge in [-0.05, 0) is 40.5 Å². The highest BCUT2D eigenvalue weighted by Crippen LogP contribution is 2.24. The van der Waals surface area contributed by atoms with E-state index in [1.807, 2.05) is 0 Å². The van der Waals surface area contributed by atoms with Gasteiger partial charge in [0.2, 0.25) is 10.0 Å². The smallest absolute Gasteiger partial charge is 0.232 e. The van der Waals surface area contributed by atoms with Crippen LogP contribution in [0.1, 0.15) is 6.42 Å². The molecular formula is C10H13BrFNO3S. The Morgan fingerprint density at radius 3 is 2.82 bits per heavy atom. The lowest BCUT2D eigenvalue weighted by atomic mass is 10.3. The van der Waals surface area contributed by atoms with E-state index in [9.17, 15) is 12.8 Å². The Morgan fingerprint density at radius 2 is 2.18 bits per heavy atom. The first-order valence-corrected chi connectivity index (χ1v) is 7.33. The van der Waals surface area contributed by atoms with Gasteiger partial charge in [0.25, 0.3) is 0 Å². The first kappa shape index (κ1) is 14.4. The molecule has 7 heteroatoms. The zero-order chi connectivity index (χ0) is 12.9. The molecule has 0 heterocycles. The normalized spacial score (nSPS) is 11.5. The van der Waals surface area contributed by atoms with Crippen LogP contribution in [0, 0.1) is 5.82 Å². The van der Waals surface area contributed by atoms with Crippen molar-refractivity contribution in [3.8, 4) is 0 Å². The van der Waals surface area contributed by atoms with Gasteiger partial charge >= 0.3 is 0 Å². The van der Waals surface area contributed by atoms with Crippen molar-refractivity contribution in [2.75, 3.05) is 24.2 Å². The van der Waals surface area contributed by atoms with Crippen molar-refractivity contribution < 1.29 is 17.5 Å². The molecule has 1 aromatic rings. The van der Waals surface area contributed by atoms with Crippen molar-refractivity contribution in [3.63, 3.8) is 0 Å². The van der Waals surface area contributed by atoms with E-state index < -0.39 is 15.8 Å². The summed E-state index contributed by atoms with van der Waals surface area (Å²) in [6.07, 6.45) is 0.388. The molecule has 0 unspecified atom stereocenters. The summed E-state index contributed by atoms with van der Waals surface area (Å²) in [5.74, 6) is -0.563. The van der Waals surface area contributed by atoms with Crippen molar-refractivity contribution >= 4 is 31.6 Å². The summed E-state index contributed by atoms with van der Waals surface area (Å²) < 4.78 is 43.8. The largest absolute Gasteiger partial charge is 0.385 e. The second kappa shape index (κ2) is 6.32. The maximum absolute atomic E-state index is 13.0. The van der Waals surface area contributed by atoms with Crippen molar-refractivity contribution in [1.29, 1.82) is 0 Å². The van der Waals surface area contributed by atoms with E-state index in [-0.39, 0.29) is 11.4 Å². The highest BCUT2D eigenvalue weighted by atomic mass is 79.9. The Labute approximate surface area is 108 Å². The third kappa shape index (κ3) is 5.01. The van der Waals surface area contributed by atoms with E-state index in [1.54, 1.807) is 0 Å². The van der Waals surface area contributed by atoms with Crippen LogP contribution >= 0.6 is 15.9 Å². The number of hydrogen-bond donors (Lipinski definition) is 1. The summed E-state index contributed by atoms with van der Waals surface area (Å²) >= 11 is 3.15. The van der Waals surface area contributed by atoms with E-state index in [0.717, 1.165) is 6.07 Å². The van der Waals surface area contributed by atoms with Crippen LogP contribution in [0.2, 0.25) is 0 Å². The van der Waals surface area contributed by atoms with Crippen LogP contribution in [-0.4, -0.2) is 27.9 Å². The topological polar surface area (TPSA) is 55.4 Å². The van der Waals surface area contributed by atoms with Crippen LogP contribution < -0.4 is 4.72 Å². The Morgan fingerprint density at radius 1 is 1.47 bits per heavy atom. The SMILES string of the molecule is COCCCS(=O)(=O)Nc1cc(F)ccc1Br. The Balaban J connectivity index is 2.72. The molecule has 0 aliphatic carbocycles. The summed E-state index contributed by atoms with van der Waals surface area (Å²) in [7, 11) is -1.97. The van der Waals surface area contributed by atoms with Gasteiger partial charge in [0.1, 0.15) is 5.82 Å². The minimum absolute atomic E-state index is 0.0657. The number of anilines is 1. The number of benzene rings is 1. The summed E-state index contributed by atoms with van der Waals surface area (Å²) in [4.78, 5) is 0. The Hall–Kier alpha value is -0.660. The van der Waals surface area contributed by atoms with Gasteiger partial charge in [-0.2, -0.15) is 0 Å². The van der Waals surface area contributed by atoms with Crippen LogP contribution in [-0.2, 0) is 14.8 Å². The van der Waals surface area contributed by atoms with E-state index in [2.05, 4.69) is 20.7 Å². The molecule has 0 aliphatic rings. The molecular weight excluding hydrogens is 313 g/mol. The molecule has 4 nitrogen and oxygen atoms in total. The number of hydrogen-bond acceptors (Lipinski definition) is 3. The van der Waals surface area contributed by atoms with Gasteiger partial charge in [0, 0.05) is 18.2 Å². The first-order valence-electron chi connectivity index (χ1n) is 4.89. The molecule has 0 saturated heterocycles. The second-order valence-corrected chi connectivity index (χ2v) is 6.09. The maximum Gasteiger partial charge on any atom is 0.232 e. The fourth-order valence-corrected chi connectivity index (χ4v) is 2.77. The lowest BCUT2D eigenvalue weighted by Crippen LogP contribution is -2.18. The van der Waals surface area contributed by atoms with Gasteiger partial charge in [0.15, 0.2) is 0 Å². The molecule has 0 amide bonds. The highest BCUT2D eigenvalue weighted by Gasteiger charge is 2.12. The number of halogens is 2. The third-order valence-corrected chi connectivity index (χ3v) is 4.00. The van der Waals surface area contributed by atoms with Crippen LogP contribution in [0.4, 0.5) is 10.1 Å². The van der Waals surface area contributed by atoms with Crippen LogP contribution in [0.25, 0.3) is 0 Å². The van der Waals surface area contributed by atoms with Gasteiger partial charge in [-0.15, -0.1) is 0 Å². The zero-order valence-corrected chi connectivity index (χ0v) is 11.6. The molecule has 17 heavy (non-hydrogen) atoms. The average Bonchev–Trinajstić information content (AvgIpc) is 2.23. The van der Waals surface area contributed by atoms with Crippen LogP contribution in [0.15, 0.2) is 22.7 Å². The summed E-state index contributed by atoms with van der Waals surface area (Å²) in [5, 5.41) is 0. The van der Waals surface area contributed by atoms with Crippen molar-refractivity contribution in [2.45, 2.75) is 6.42 Å². The predicted octanol–water partition coefficient (Wildman–Crippen LogP) is 2.37. The highest BCUT2D eigenvalue weighted by molar-refractivity contribution is 9.10. The monoisotopic (exact) mass is 325 g/mol. The lowest BCUT2D eigenvalue weighted by Gasteiger charge is -2.09. The van der Waals surface area contributed by atoms with Crippen molar-refractivity contribution in [3.05, 3.63) is 28.5 Å². The molecule has 1 rings (SSSR count). The molecule has 0 bridgehead atoms. The lowest BCUT2D eigenvalue weighted by molar-refractivity contribution is 0.199. The quantitative estimate of drug-likeness (QED) is 0.817. The summed E-state index contributed by atoms with van der Waals surface area (Å²) in [6, 6.07) is 3.81. The molecule has 0 fully saturated rings. The van der Waals surface area contributed by atoms with Gasteiger partial charge in [-0.3, -0.25) is 4.72 Å². The maximum atomic E-state index is 13.0. The zero-order valence-electron chi connectivity index (χ0n) is 9.24. The summed E-state index contributed by atoms with van der Waals surface area (Å²) in [5.41, 5.74) is 0.197. The number of nitrogens with one attached hydrogen (secondary N) is 1. The fraction of sp³-hybridized carbons (Fsp3) is 0.400. The molecule has 0 spiro atoms. The third-order valence-electron chi connectivity index (χ3n) is 1.96. The number of rotatable bonds is 6. The number of methoxy groups -OCH3 is 1. The minimum atomic E-state index is -3.47. The van der Waals surface area contributed by atoms with Gasteiger partial charge < -0.3 is 4.74 Å². The van der Waals surface area contributed by atoms with E-state index in [1.165, 1.54) is 19.2 Å². The fourth-order valence-electron chi connectivity index (χ4n) is 1.19. The van der Waals surface area contributed by atoms with E-state index >= 15 is 0 Å². The molecule has 1 aromatic carbocycles. The molecule has 1 N–H and O–H groups in total. The molecule has 0 aromatic heterocycles. The standard InChI is InChI=1S/C10H13BrFNO3S/c1-16-5-2-6-17(14,15)13-10-7-8(12)3-4-9(10)11/h3-4,7,13H,2,5-6H2,1H3. The van der Waals surface area contributed by atoms with Crippen LogP contribution in [0.3, 0.4) is 0 Å². The molecule has 0 atom stereocenters. The van der Waals surface area contributed by atoms with E-state index in [4.69, 9.17) is 4.74 Å². The van der Waals surface area contributed by atoms with Crippen molar-refractivity contribution in [2.24, 2.45) is 0 Å². The van der Waals surface area contributed by atoms with E-state index in [0.29, 0.717) is 17.5 Å². The van der Waals surface area contributed by atoms with Gasteiger partial charge in [0.05, 0.1) is 11.4 Å². The van der Waals surface area contributed by atoms with Crippen molar-refractivity contribution in [1.82, 2.24) is 0 Å². The molecule has 0 radical (unpaired) electrons. The minimum Gasteiger partial charge on any atom is -0.385 e. The first-order chi connectivity index (χ1) is 7.94. The van der Waals surface area contributed by atoms with Gasteiger partial charge in [-0.1, -0.05) is 0 Å². The Kier molecular flexibility index (Phi) is 5.35. The number of sulfonamides is 1. The predicted molar refractivity (Wildman–Crippen MR) is 68.0 cm³/mol. The second-order valence-electron chi connectivity index (χ2n) is 3.39. The Bertz CT molecular complexity index is 478. The average molecular weight is 326 g/mol. The van der Waals surface area contributed by atoms with Gasteiger partial charge in [-0.25, -0.2) is 12.8 Å². The molecule has 96 valence electrons. The van der Waals surface area contributed by atoms with Crippen LogP contribution in [0.5, 0.6) is 0 Å². The number of ether oxygens (including phenoxy) is 1. The molecule has 0 aliphatic heterocycles. The molecule has 0 saturated carbocycles. The summed E-state index contributed by atoms with van der Waals surface area (Å²) in [6.45, 7) is 0.366.